The lowest BCUT2D eigenvalue weighted by atomic mass is 10.2. The van der Waals surface area contributed by atoms with Gasteiger partial charge in [-0.25, -0.2) is 20.1 Å². The number of aromatic nitrogens is 2. The van der Waals surface area contributed by atoms with E-state index >= 15 is 0 Å². The zero-order valence-corrected chi connectivity index (χ0v) is 29.7. The normalized spacial score (nSPS) is 15.4. The third-order valence-electron chi connectivity index (χ3n) is 7.00. The van der Waals surface area contributed by atoms with Crippen LogP contribution in [0.2, 0.25) is 25.7 Å². The molecule has 0 saturated carbocycles. The zero-order chi connectivity index (χ0) is 33.2. The molecule has 1 saturated heterocycles. The van der Waals surface area contributed by atoms with Crippen LogP contribution in [-0.2, 0) is 32.3 Å². The number of carbonyl (C=O) groups excluding carboxylic acids is 2. The number of benzene rings is 1. The Morgan fingerprint density at radius 3 is 2.59 bits per heavy atom. The number of hydrogen-bond acceptors (Lipinski definition) is 9. The van der Waals surface area contributed by atoms with Crippen LogP contribution in [-0.4, -0.2) is 72.8 Å². The van der Waals surface area contributed by atoms with E-state index in [2.05, 4.69) is 25.1 Å². The fraction of sp³-hybridized carbons (Fsp3) is 0.545. The number of thiophene rings is 1. The van der Waals surface area contributed by atoms with Gasteiger partial charge in [0.2, 0.25) is 0 Å². The molecule has 1 aromatic carbocycles. The molecule has 13 heteroatoms. The van der Waals surface area contributed by atoms with Crippen molar-refractivity contribution in [2.45, 2.75) is 90.9 Å². The Hall–Kier alpha value is -3.23. The minimum absolute atomic E-state index is 0.228. The van der Waals surface area contributed by atoms with E-state index in [0.29, 0.717) is 30.5 Å². The van der Waals surface area contributed by atoms with Gasteiger partial charge in [-0.15, -0.1) is 11.3 Å². The Bertz CT molecular complexity index is 1390. The molecule has 1 fully saturated rings. The molecule has 0 bridgehead atoms. The highest BCUT2D eigenvalue weighted by molar-refractivity contribution is 7.17. The van der Waals surface area contributed by atoms with E-state index < -0.39 is 26.1 Å². The standard InChI is InChI=1S/C33H48N4O7SSi/c1-33(2,3)43-32(39)36(17-19-41-26-12-8-7-9-13-26)23-25-22-34-30(37(25)24-40-20-21-46(4,5)6)27-15-16-28(45-27)31(38)35-44-29-14-10-11-18-42-29/h7-9,12-13,15-16,22,29H,10-11,14,17-21,23-24H2,1-6H3,(H,35,38). The average molecular weight is 673 g/mol. The van der Waals surface area contributed by atoms with E-state index in [1.807, 2.05) is 61.7 Å². The maximum atomic E-state index is 13.3. The predicted molar refractivity (Wildman–Crippen MR) is 180 cm³/mol. The summed E-state index contributed by atoms with van der Waals surface area (Å²) in [6.07, 6.45) is 3.60. The number of amides is 2. The summed E-state index contributed by atoms with van der Waals surface area (Å²) in [4.78, 5) is 39.3. The van der Waals surface area contributed by atoms with E-state index in [0.717, 1.165) is 41.6 Å². The van der Waals surface area contributed by atoms with E-state index in [1.165, 1.54) is 11.3 Å². The highest BCUT2D eigenvalue weighted by Crippen LogP contribution is 2.29. The molecule has 3 aromatic rings. The summed E-state index contributed by atoms with van der Waals surface area (Å²) < 4.78 is 25.3. The molecule has 0 spiro atoms. The Kier molecular flexibility index (Phi) is 12.8. The van der Waals surface area contributed by atoms with Crippen molar-refractivity contribution >= 4 is 31.4 Å². The number of nitrogens with zero attached hydrogens (tertiary/aromatic N) is 3. The number of rotatable bonds is 15. The fourth-order valence-corrected chi connectivity index (χ4v) is 6.17. The molecule has 2 amide bonds. The maximum Gasteiger partial charge on any atom is 0.410 e. The van der Waals surface area contributed by atoms with Crippen LogP contribution in [0.25, 0.3) is 10.7 Å². The summed E-state index contributed by atoms with van der Waals surface area (Å²) >= 11 is 1.31. The second kappa shape index (κ2) is 16.5. The quantitative estimate of drug-likeness (QED) is 0.105. The molecular weight excluding hydrogens is 625 g/mol. The van der Waals surface area contributed by atoms with Gasteiger partial charge in [-0.2, -0.15) is 0 Å². The second-order valence-electron chi connectivity index (χ2n) is 13.4. The third kappa shape index (κ3) is 11.5. The van der Waals surface area contributed by atoms with Gasteiger partial charge in [-0.1, -0.05) is 37.8 Å². The van der Waals surface area contributed by atoms with E-state index in [4.69, 9.17) is 28.8 Å². The number of hydroxylamine groups is 1. The topological polar surface area (TPSA) is 113 Å². The van der Waals surface area contributed by atoms with E-state index in [-0.39, 0.29) is 25.8 Å². The first-order chi connectivity index (χ1) is 21.9. The van der Waals surface area contributed by atoms with Crippen molar-refractivity contribution in [3.8, 4) is 16.5 Å². The minimum Gasteiger partial charge on any atom is -0.492 e. The molecule has 2 aromatic heterocycles. The lowest BCUT2D eigenvalue weighted by Gasteiger charge is -2.28. The summed E-state index contributed by atoms with van der Waals surface area (Å²) in [6, 6.07) is 14.1. The lowest BCUT2D eigenvalue weighted by Crippen LogP contribution is -2.39. The van der Waals surface area contributed by atoms with Crippen LogP contribution >= 0.6 is 11.3 Å². The van der Waals surface area contributed by atoms with Crippen molar-refractivity contribution < 1.29 is 33.4 Å². The van der Waals surface area contributed by atoms with Gasteiger partial charge in [0, 0.05) is 27.7 Å². The summed E-state index contributed by atoms with van der Waals surface area (Å²) in [5.41, 5.74) is 2.63. The van der Waals surface area contributed by atoms with Gasteiger partial charge in [0.1, 0.15) is 24.7 Å². The van der Waals surface area contributed by atoms with Crippen molar-refractivity contribution in [3.63, 3.8) is 0 Å². The van der Waals surface area contributed by atoms with Crippen LogP contribution in [0.5, 0.6) is 5.75 Å². The molecule has 46 heavy (non-hydrogen) atoms. The summed E-state index contributed by atoms with van der Waals surface area (Å²) in [6.45, 7) is 14.8. The third-order valence-corrected chi connectivity index (χ3v) is 9.79. The first kappa shape index (κ1) is 35.6. The molecular formula is C33H48N4O7SSi. The van der Waals surface area contributed by atoms with E-state index in [1.54, 1.807) is 17.2 Å². The number of imidazole rings is 1. The monoisotopic (exact) mass is 672 g/mol. The molecule has 0 aliphatic carbocycles. The number of ether oxygens (including phenoxy) is 4. The summed E-state index contributed by atoms with van der Waals surface area (Å²) in [7, 11) is -1.30. The molecule has 252 valence electrons. The van der Waals surface area contributed by atoms with Gasteiger partial charge in [0.25, 0.3) is 5.91 Å². The maximum absolute atomic E-state index is 13.3. The minimum atomic E-state index is -1.30. The van der Waals surface area contributed by atoms with Crippen molar-refractivity contribution in [1.82, 2.24) is 19.9 Å². The van der Waals surface area contributed by atoms with Crippen LogP contribution < -0.4 is 10.2 Å². The SMILES string of the molecule is CC(C)(C)OC(=O)N(CCOc1ccccc1)Cc1cnc(-c2ccc(C(=O)NOC3CCCCO3)s2)n1COCC[Si](C)(C)C. The van der Waals surface area contributed by atoms with Gasteiger partial charge in [0.15, 0.2) is 12.1 Å². The predicted octanol–water partition coefficient (Wildman–Crippen LogP) is 6.93. The Morgan fingerprint density at radius 2 is 1.89 bits per heavy atom. The number of hydrogen-bond donors (Lipinski definition) is 1. The van der Waals surface area contributed by atoms with Crippen LogP contribution in [0.4, 0.5) is 4.79 Å². The van der Waals surface area contributed by atoms with E-state index in [9.17, 15) is 9.59 Å². The van der Waals surface area contributed by atoms with Crippen molar-refractivity contribution in [2.75, 3.05) is 26.4 Å². The molecule has 3 heterocycles. The van der Waals surface area contributed by atoms with Gasteiger partial charge < -0.3 is 23.5 Å². The number of carbonyl (C=O) groups is 2. The fourth-order valence-electron chi connectivity index (χ4n) is 4.51. The number of para-hydroxylation sites is 1. The first-order valence-electron chi connectivity index (χ1n) is 15.8. The van der Waals surface area contributed by atoms with Crippen molar-refractivity contribution in [1.29, 1.82) is 0 Å². The van der Waals surface area contributed by atoms with Crippen LogP contribution in [0.1, 0.15) is 55.4 Å². The smallest absolute Gasteiger partial charge is 0.410 e. The molecule has 1 atom stereocenters. The van der Waals surface area contributed by atoms with Gasteiger partial charge in [-0.3, -0.25) is 9.69 Å². The summed E-state index contributed by atoms with van der Waals surface area (Å²) in [5, 5.41) is 0. The van der Waals surface area contributed by atoms with Crippen LogP contribution in [0.3, 0.4) is 0 Å². The molecule has 1 unspecified atom stereocenters. The largest absolute Gasteiger partial charge is 0.492 e. The lowest BCUT2D eigenvalue weighted by molar-refractivity contribution is -0.186. The average Bonchev–Trinajstić information content (AvgIpc) is 3.65. The highest BCUT2D eigenvalue weighted by atomic mass is 32.1. The zero-order valence-electron chi connectivity index (χ0n) is 27.9. The molecule has 1 N–H and O–H groups in total. The van der Waals surface area contributed by atoms with Crippen LogP contribution in [0.15, 0.2) is 48.7 Å². The molecule has 1 aliphatic heterocycles. The van der Waals surface area contributed by atoms with Gasteiger partial charge >= 0.3 is 6.09 Å². The molecule has 4 rings (SSSR count). The van der Waals surface area contributed by atoms with Crippen molar-refractivity contribution in [3.05, 3.63) is 59.2 Å². The Labute approximate surface area is 277 Å². The van der Waals surface area contributed by atoms with Crippen LogP contribution in [0, 0.1) is 0 Å². The highest BCUT2D eigenvalue weighted by Gasteiger charge is 2.25. The molecule has 0 radical (unpaired) electrons. The Morgan fingerprint density at radius 1 is 1.11 bits per heavy atom. The Balaban J connectivity index is 1.52. The molecule has 1 aliphatic rings. The van der Waals surface area contributed by atoms with Gasteiger partial charge in [0.05, 0.1) is 34.7 Å². The van der Waals surface area contributed by atoms with Crippen molar-refractivity contribution in [2.24, 2.45) is 0 Å². The first-order valence-corrected chi connectivity index (χ1v) is 20.4. The second-order valence-corrected chi connectivity index (χ2v) is 20.1. The summed E-state index contributed by atoms with van der Waals surface area (Å²) in [5.74, 6) is 1.03. The molecule has 11 nitrogen and oxygen atoms in total. The van der Waals surface area contributed by atoms with Gasteiger partial charge in [-0.05, 0) is 63.9 Å². The number of nitrogens with one attached hydrogen (secondary N) is 1.